The number of rotatable bonds is 2. The lowest BCUT2D eigenvalue weighted by Gasteiger charge is -2.33. The van der Waals surface area contributed by atoms with E-state index in [4.69, 9.17) is 0 Å². The Morgan fingerprint density at radius 3 is 2.37 bits per heavy atom. The highest BCUT2D eigenvalue weighted by Gasteiger charge is 2.36. The van der Waals surface area contributed by atoms with Gasteiger partial charge in [0.05, 0.1) is 17.8 Å². The Kier molecular flexibility index (Phi) is 3.11. The van der Waals surface area contributed by atoms with Gasteiger partial charge in [-0.05, 0) is 37.4 Å². The summed E-state index contributed by atoms with van der Waals surface area (Å²) in [6.07, 6.45) is 2.38. The summed E-state index contributed by atoms with van der Waals surface area (Å²) in [5, 5.41) is 0. The number of fused-ring (bicyclic) bond motifs is 1. The second-order valence-electron chi connectivity index (χ2n) is 5.55. The molecule has 0 bridgehead atoms. The fourth-order valence-electron chi connectivity index (χ4n) is 2.98. The molecule has 2 heterocycles. The highest BCUT2D eigenvalue weighted by atomic mass is 16.2. The van der Waals surface area contributed by atoms with Gasteiger partial charge in [-0.2, -0.15) is 0 Å². The van der Waals surface area contributed by atoms with Gasteiger partial charge in [0.1, 0.15) is 0 Å². The highest BCUT2D eigenvalue weighted by Crippen LogP contribution is 2.24. The van der Waals surface area contributed by atoms with E-state index in [0.717, 1.165) is 19.5 Å². The van der Waals surface area contributed by atoms with Crippen molar-refractivity contribution in [3.63, 3.8) is 0 Å². The summed E-state index contributed by atoms with van der Waals surface area (Å²) >= 11 is 0. The fraction of sp³-hybridized carbons (Fsp3) is 0.467. The first-order valence-corrected chi connectivity index (χ1v) is 6.84. The topological polar surface area (TPSA) is 40.6 Å². The first kappa shape index (κ1) is 12.4. The van der Waals surface area contributed by atoms with Gasteiger partial charge in [-0.15, -0.1) is 0 Å². The zero-order valence-electron chi connectivity index (χ0n) is 11.1. The van der Waals surface area contributed by atoms with E-state index in [-0.39, 0.29) is 11.8 Å². The van der Waals surface area contributed by atoms with E-state index in [1.54, 1.807) is 24.3 Å². The van der Waals surface area contributed by atoms with Crippen molar-refractivity contribution in [1.29, 1.82) is 0 Å². The number of hydrogen-bond donors (Lipinski definition) is 0. The molecule has 1 saturated heterocycles. The molecule has 1 aromatic rings. The van der Waals surface area contributed by atoms with E-state index in [2.05, 4.69) is 11.8 Å². The number of carbonyl (C=O) groups excluding carboxylic acids is 2. The largest absolute Gasteiger partial charge is 0.285 e. The van der Waals surface area contributed by atoms with Crippen molar-refractivity contribution in [1.82, 2.24) is 9.80 Å². The second kappa shape index (κ2) is 4.78. The van der Waals surface area contributed by atoms with Crippen LogP contribution in [-0.2, 0) is 0 Å². The zero-order valence-corrected chi connectivity index (χ0v) is 11.1. The molecule has 0 saturated carbocycles. The van der Waals surface area contributed by atoms with Crippen molar-refractivity contribution >= 4 is 11.8 Å². The van der Waals surface area contributed by atoms with Crippen molar-refractivity contribution in [2.45, 2.75) is 19.8 Å². The Labute approximate surface area is 113 Å². The second-order valence-corrected chi connectivity index (χ2v) is 5.55. The van der Waals surface area contributed by atoms with E-state index in [1.165, 1.54) is 11.3 Å². The normalized spacial score (nSPS) is 23.8. The summed E-state index contributed by atoms with van der Waals surface area (Å²) in [4.78, 5) is 28.1. The molecule has 3 rings (SSSR count). The standard InChI is InChI=1S/C15H18N2O2/c1-11-5-4-8-16(9-11)10-17-14(18)12-6-2-3-7-13(12)15(17)19/h2-3,6-7,11H,4-5,8-10H2,1H3/t11-/m0/s1. The SMILES string of the molecule is C[C@H]1CCCN(CN2C(=O)c3ccccc3C2=O)C1. The van der Waals surface area contributed by atoms with Gasteiger partial charge in [-0.25, -0.2) is 0 Å². The number of nitrogens with zero attached hydrogens (tertiary/aromatic N) is 2. The molecule has 0 N–H and O–H groups in total. The summed E-state index contributed by atoms with van der Waals surface area (Å²) in [6, 6.07) is 7.07. The van der Waals surface area contributed by atoms with E-state index < -0.39 is 0 Å². The molecule has 0 unspecified atom stereocenters. The molecule has 1 aromatic carbocycles. The third-order valence-electron chi connectivity index (χ3n) is 3.96. The predicted molar refractivity (Wildman–Crippen MR) is 71.8 cm³/mol. The highest BCUT2D eigenvalue weighted by molar-refractivity contribution is 6.21. The Morgan fingerprint density at radius 1 is 1.16 bits per heavy atom. The van der Waals surface area contributed by atoms with Crippen LogP contribution in [0.15, 0.2) is 24.3 Å². The Hall–Kier alpha value is -1.68. The van der Waals surface area contributed by atoms with Gasteiger partial charge < -0.3 is 0 Å². The van der Waals surface area contributed by atoms with E-state index in [0.29, 0.717) is 23.7 Å². The van der Waals surface area contributed by atoms with Crippen molar-refractivity contribution in [2.24, 2.45) is 5.92 Å². The molecular weight excluding hydrogens is 240 g/mol. The van der Waals surface area contributed by atoms with Crippen molar-refractivity contribution in [3.8, 4) is 0 Å². The molecule has 4 heteroatoms. The van der Waals surface area contributed by atoms with Gasteiger partial charge in [-0.3, -0.25) is 19.4 Å². The van der Waals surface area contributed by atoms with Gasteiger partial charge in [0.2, 0.25) is 0 Å². The number of benzene rings is 1. The van der Waals surface area contributed by atoms with Crippen LogP contribution >= 0.6 is 0 Å². The van der Waals surface area contributed by atoms with Crippen LogP contribution in [0.25, 0.3) is 0 Å². The lowest BCUT2D eigenvalue weighted by molar-refractivity contribution is 0.0488. The van der Waals surface area contributed by atoms with Crippen LogP contribution in [0.5, 0.6) is 0 Å². The van der Waals surface area contributed by atoms with Crippen LogP contribution in [-0.4, -0.2) is 41.4 Å². The van der Waals surface area contributed by atoms with E-state index in [9.17, 15) is 9.59 Å². The fourth-order valence-corrected chi connectivity index (χ4v) is 2.98. The zero-order chi connectivity index (χ0) is 13.4. The molecule has 19 heavy (non-hydrogen) atoms. The number of carbonyl (C=O) groups is 2. The predicted octanol–water partition coefficient (Wildman–Crippen LogP) is 1.97. The van der Waals surface area contributed by atoms with Crippen LogP contribution in [0, 0.1) is 5.92 Å². The quantitative estimate of drug-likeness (QED) is 0.761. The lowest BCUT2D eigenvalue weighted by Crippen LogP contribution is -2.45. The van der Waals surface area contributed by atoms with Crippen LogP contribution in [0.1, 0.15) is 40.5 Å². The number of hydrogen-bond acceptors (Lipinski definition) is 3. The first-order valence-electron chi connectivity index (χ1n) is 6.84. The molecule has 0 aliphatic carbocycles. The minimum atomic E-state index is -0.154. The summed E-state index contributed by atoms with van der Waals surface area (Å²) in [5.41, 5.74) is 1.08. The Bertz CT molecular complexity index is 492. The van der Waals surface area contributed by atoms with Crippen LogP contribution in [0.4, 0.5) is 0 Å². The maximum Gasteiger partial charge on any atom is 0.262 e. The first-order chi connectivity index (χ1) is 9.16. The molecule has 0 spiro atoms. The third-order valence-corrected chi connectivity index (χ3v) is 3.96. The molecule has 2 aliphatic heterocycles. The summed E-state index contributed by atoms with van der Waals surface area (Å²) in [6.45, 7) is 4.58. The monoisotopic (exact) mass is 258 g/mol. The third kappa shape index (κ3) is 2.16. The molecule has 0 aromatic heterocycles. The van der Waals surface area contributed by atoms with Gasteiger partial charge >= 0.3 is 0 Å². The lowest BCUT2D eigenvalue weighted by atomic mass is 10.0. The molecule has 4 nitrogen and oxygen atoms in total. The van der Waals surface area contributed by atoms with Gasteiger partial charge in [-0.1, -0.05) is 19.1 Å². The smallest absolute Gasteiger partial charge is 0.262 e. The van der Waals surface area contributed by atoms with E-state index >= 15 is 0 Å². The summed E-state index contributed by atoms with van der Waals surface area (Å²) < 4.78 is 0. The van der Waals surface area contributed by atoms with Gasteiger partial charge in [0, 0.05) is 6.54 Å². The Balaban J connectivity index is 1.77. The number of amides is 2. The average Bonchev–Trinajstić information content (AvgIpc) is 2.65. The molecule has 100 valence electrons. The summed E-state index contributed by atoms with van der Waals surface area (Å²) in [5.74, 6) is 0.335. The number of likely N-dealkylation sites (tertiary alicyclic amines) is 1. The minimum Gasteiger partial charge on any atom is -0.285 e. The number of piperidine rings is 1. The van der Waals surface area contributed by atoms with Crippen LogP contribution < -0.4 is 0 Å². The molecule has 1 atom stereocenters. The maximum absolute atomic E-state index is 12.2. The molecular formula is C15H18N2O2. The average molecular weight is 258 g/mol. The number of imide groups is 1. The maximum atomic E-state index is 12.2. The van der Waals surface area contributed by atoms with Crippen molar-refractivity contribution < 1.29 is 9.59 Å². The van der Waals surface area contributed by atoms with Crippen molar-refractivity contribution in [3.05, 3.63) is 35.4 Å². The van der Waals surface area contributed by atoms with Gasteiger partial charge in [0.15, 0.2) is 0 Å². The molecule has 2 amide bonds. The van der Waals surface area contributed by atoms with Crippen molar-refractivity contribution in [2.75, 3.05) is 19.8 Å². The minimum absolute atomic E-state index is 0.154. The van der Waals surface area contributed by atoms with E-state index in [1.807, 2.05) is 0 Å². The van der Waals surface area contributed by atoms with Gasteiger partial charge in [0.25, 0.3) is 11.8 Å². The molecule has 2 aliphatic rings. The van der Waals surface area contributed by atoms with Crippen LogP contribution in [0.3, 0.4) is 0 Å². The Morgan fingerprint density at radius 2 is 1.79 bits per heavy atom. The molecule has 0 radical (unpaired) electrons. The summed E-state index contributed by atoms with van der Waals surface area (Å²) in [7, 11) is 0. The van der Waals surface area contributed by atoms with Crippen LogP contribution in [0.2, 0.25) is 0 Å². The molecule has 1 fully saturated rings.